The maximum atomic E-state index is 10.2. The topological polar surface area (TPSA) is 26.3 Å². The molecule has 0 aromatic rings. The zero-order valence-corrected chi connectivity index (χ0v) is 9.54. The average molecular weight is 210 g/mol. The van der Waals surface area contributed by atoms with E-state index in [-0.39, 0.29) is 5.97 Å². The van der Waals surface area contributed by atoms with Crippen LogP contribution in [-0.2, 0) is 9.53 Å². The molecule has 2 nitrogen and oxygen atoms in total. The van der Waals surface area contributed by atoms with Gasteiger partial charge < -0.3 is 4.74 Å². The largest absolute Gasteiger partial charge is 0.466 e. The number of cyclic esters (lactones) is 1. The first-order valence-electron chi connectivity index (χ1n) is 6.20. The molecule has 0 atom stereocenters. The number of allylic oxidation sites excluding steroid dienone is 2. The Morgan fingerprint density at radius 1 is 0.867 bits per heavy atom. The predicted octanol–water partition coefficient (Wildman–Crippen LogP) is 3.61. The van der Waals surface area contributed by atoms with Crippen molar-refractivity contribution in [3.63, 3.8) is 0 Å². The van der Waals surface area contributed by atoms with E-state index in [1.807, 2.05) is 0 Å². The maximum Gasteiger partial charge on any atom is 0.305 e. The van der Waals surface area contributed by atoms with Gasteiger partial charge in [-0.3, -0.25) is 4.79 Å². The summed E-state index contributed by atoms with van der Waals surface area (Å²) in [5, 5.41) is 0. The second kappa shape index (κ2) is 8.51. The van der Waals surface area contributed by atoms with Gasteiger partial charge in [-0.2, -0.15) is 0 Å². The zero-order valence-electron chi connectivity index (χ0n) is 9.54. The summed E-state index contributed by atoms with van der Waals surface area (Å²) in [6.07, 6.45) is 15.7. The van der Waals surface area contributed by atoms with Crippen LogP contribution in [0.3, 0.4) is 0 Å². The van der Waals surface area contributed by atoms with Gasteiger partial charge in [0.25, 0.3) is 0 Å². The molecule has 1 saturated heterocycles. The Bertz CT molecular complexity index is 179. The van der Waals surface area contributed by atoms with Crippen LogP contribution in [-0.4, -0.2) is 12.6 Å². The van der Waals surface area contributed by atoms with Crippen molar-refractivity contribution in [3.05, 3.63) is 12.2 Å². The highest BCUT2D eigenvalue weighted by atomic mass is 16.5. The Labute approximate surface area is 92.7 Å². The second-order valence-electron chi connectivity index (χ2n) is 4.14. The van der Waals surface area contributed by atoms with Gasteiger partial charge in [0.05, 0.1) is 6.61 Å². The SMILES string of the molecule is C1=C/CCCCCC/1.O=C1CCCCO1. The van der Waals surface area contributed by atoms with Crippen molar-refractivity contribution in [2.24, 2.45) is 0 Å². The van der Waals surface area contributed by atoms with Gasteiger partial charge in [0.2, 0.25) is 0 Å². The number of hydrogen-bond acceptors (Lipinski definition) is 2. The average Bonchev–Trinajstić information content (AvgIpc) is 2.18. The molecule has 1 fully saturated rings. The minimum Gasteiger partial charge on any atom is -0.466 e. The van der Waals surface area contributed by atoms with Crippen LogP contribution in [0.2, 0.25) is 0 Å². The summed E-state index contributed by atoms with van der Waals surface area (Å²) in [5.41, 5.74) is 0. The Balaban J connectivity index is 0.000000151. The molecule has 2 aliphatic rings. The second-order valence-corrected chi connectivity index (χ2v) is 4.14. The molecular weight excluding hydrogens is 188 g/mol. The van der Waals surface area contributed by atoms with E-state index in [1.54, 1.807) is 0 Å². The molecule has 0 N–H and O–H groups in total. The smallest absolute Gasteiger partial charge is 0.305 e. The fourth-order valence-corrected chi connectivity index (χ4v) is 1.74. The molecule has 0 spiro atoms. The van der Waals surface area contributed by atoms with Crippen LogP contribution in [0.5, 0.6) is 0 Å². The molecule has 2 rings (SSSR count). The van der Waals surface area contributed by atoms with Crippen LogP contribution < -0.4 is 0 Å². The van der Waals surface area contributed by atoms with Gasteiger partial charge in [0, 0.05) is 6.42 Å². The summed E-state index contributed by atoms with van der Waals surface area (Å²) in [6, 6.07) is 0. The summed E-state index contributed by atoms with van der Waals surface area (Å²) in [4.78, 5) is 10.2. The summed E-state index contributed by atoms with van der Waals surface area (Å²) in [5.74, 6) is -0.0359. The summed E-state index contributed by atoms with van der Waals surface area (Å²) < 4.78 is 4.64. The van der Waals surface area contributed by atoms with Gasteiger partial charge in [-0.25, -0.2) is 0 Å². The van der Waals surface area contributed by atoms with Crippen molar-refractivity contribution in [3.8, 4) is 0 Å². The van der Waals surface area contributed by atoms with E-state index in [4.69, 9.17) is 0 Å². The van der Waals surface area contributed by atoms with E-state index in [9.17, 15) is 4.79 Å². The lowest BCUT2D eigenvalue weighted by molar-refractivity contribution is -0.146. The molecular formula is C13H22O2. The highest BCUT2D eigenvalue weighted by molar-refractivity contribution is 5.69. The molecule has 0 saturated carbocycles. The van der Waals surface area contributed by atoms with Crippen molar-refractivity contribution < 1.29 is 9.53 Å². The lowest BCUT2D eigenvalue weighted by Gasteiger charge is -2.08. The molecule has 0 bridgehead atoms. The third-order valence-corrected chi connectivity index (χ3v) is 2.70. The minimum atomic E-state index is -0.0359. The summed E-state index contributed by atoms with van der Waals surface area (Å²) in [7, 11) is 0. The zero-order chi connectivity index (χ0) is 10.8. The fraction of sp³-hybridized carbons (Fsp3) is 0.769. The number of ether oxygens (including phenoxy) is 1. The van der Waals surface area contributed by atoms with Crippen LogP contribution in [0.4, 0.5) is 0 Å². The van der Waals surface area contributed by atoms with Crippen molar-refractivity contribution in [2.75, 3.05) is 6.61 Å². The standard InChI is InChI=1S/C8H14.C5H8O2/c1-2-4-6-8-7-5-3-1;6-5-3-1-2-4-7-5/h1-2H,3-8H2;1-4H2/b2-1+;. The van der Waals surface area contributed by atoms with Gasteiger partial charge in [-0.15, -0.1) is 0 Å². The normalized spacial score (nSPS) is 23.9. The number of hydrogen-bond donors (Lipinski definition) is 0. The van der Waals surface area contributed by atoms with Crippen LogP contribution >= 0.6 is 0 Å². The molecule has 0 aromatic carbocycles. The first-order chi connectivity index (χ1) is 7.39. The van der Waals surface area contributed by atoms with Gasteiger partial charge in [-0.05, 0) is 38.5 Å². The lowest BCUT2D eigenvalue weighted by atomic mass is 10.1. The minimum absolute atomic E-state index is 0.0359. The molecule has 0 amide bonds. The number of carbonyl (C=O) groups excluding carboxylic acids is 1. The fourth-order valence-electron chi connectivity index (χ4n) is 1.74. The van der Waals surface area contributed by atoms with Gasteiger partial charge >= 0.3 is 5.97 Å². The Morgan fingerprint density at radius 2 is 1.53 bits per heavy atom. The Kier molecular flexibility index (Phi) is 6.97. The maximum absolute atomic E-state index is 10.2. The van der Waals surface area contributed by atoms with E-state index in [2.05, 4.69) is 16.9 Å². The van der Waals surface area contributed by atoms with E-state index in [0.29, 0.717) is 13.0 Å². The third-order valence-electron chi connectivity index (χ3n) is 2.70. The van der Waals surface area contributed by atoms with E-state index < -0.39 is 0 Å². The van der Waals surface area contributed by atoms with Crippen molar-refractivity contribution in [1.29, 1.82) is 0 Å². The Hall–Kier alpha value is -0.790. The van der Waals surface area contributed by atoms with Gasteiger partial charge in [0.1, 0.15) is 0 Å². The highest BCUT2D eigenvalue weighted by Crippen LogP contribution is 2.09. The van der Waals surface area contributed by atoms with Crippen LogP contribution in [0, 0.1) is 0 Å². The number of rotatable bonds is 0. The van der Waals surface area contributed by atoms with E-state index in [1.165, 1.54) is 38.5 Å². The van der Waals surface area contributed by atoms with Crippen molar-refractivity contribution >= 4 is 5.97 Å². The van der Waals surface area contributed by atoms with E-state index in [0.717, 1.165) is 12.8 Å². The monoisotopic (exact) mass is 210 g/mol. The molecule has 1 heterocycles. The van der Waals surface area contributed by atoms with Gasteiger partial charge in [0.15, 0.2) is 0 Å². The number of carbonyl (C=O) groups is 1. The summed E-state index contributed by atoms with van der Waals surface area (Å²) in [6.45, 7) is 0.638. The van der Waals surface area contributed by atoms with Crippen LogP contribution in [0.15, 0.2) is 12.2 Å². The van der Waals surface area contributed by atoms with Crippen LogP contribution in [0.1, 0.15) is 57.8 Å². The number of esters is 1. The van der Waals surface area contributed by atoms with Gasteiger partial charge in [-0.1, -0.05) is 25.0 Å². The summed E-state index contributed by atoms with van der Waals surface area (Å²) >= 11 is 0. The Morgan fingerprint density at radius 3 is 1.93 bits per heavy atom. The molecule has 1 aliphatic heterocycles. The molecule has 0 radical (unpaired) electrons. The lowest BCUT2D eigenvalue weighted by Crippen LogP contribution is -2.10. The molecule has 1 aliphatic carbocycles. The van der Waals surface area contributed by atoms with E-state index >= 15 is 0 Å². The molecule has 2 heteroatoms. The predicted molar refractivity (Wildman–Crippen MR) is 61.7 cm³/mol. The molecule has 0 unspecified atom stereocenters. The van der Waals surface area contributed by atoms with Crippen molar-refractivity contribution in [2.45, 2.75) is 57.8 Å². The third kappa shape index (κ3) is 7.18. The van der Waals surface area contributed by atoms with Crippen LogP contribution in [0.25, 0.3) is 0 Å². The molecule has 15 heavy (non-hydrogen) atoms. The highest BCUT2D eigenvalue weighted by Gasteiger charge is 2.06. The molecule has 86 valence electrons. The molecule has 0 aromatic heterocycles. The quantitative estimate of drug-likeness (QED) is 0.451. The first kappa shape index (κ1) is 12.3. The first-order valence-corrected chi connectivity index (χ1v) is 6.20. The van der Waals surface area contributed by atoms with Crippen molar-refractivity contribution in [1.82, 2.24) is 0 Å².